The molecular formula is C12H23NO2. The molecule has 3 heteroatoms. The van der Waals surface area contributed by atoms with Gasteiger partial charge in [-0.2, -0.15) is 0 Å². The first-order valence-corrected chi connectivity index (χ1v) is 6.12. The fourth-order valence-electron chi connectivity index (χ4n) is 1.99. The van der Waals surface area contributed by atoms with E-state index < -0.39 is 0 Å². The van der Waals surface area contributed by atoms with Gasteiger partial charge in [0.05, 0.1) is 6.61 Å². The van der Waals surface area contributed by atoms with E-state index in [1.165, 1.54) is 12.8 Å². The lowest BCUT2D eigenvalue weighted by Gasteiger charge is -2.30. The number of hydrogen-bond donors (Lipinski definition) is 0. The quantitative estimate of drug-likeness (QED) is 0.518. The van der Waals surface area contributed by atoms with Crippen molar-refractivity contribution in [3.63, 3.8) is 0 Å². The van der Waals surface area contributed by atoms with Crippen LogP contribution >= 0.6 is 0 Å². The molecule has 0 unspecified atom stereocenters. The van der Waals surface area contributed by atoms with Crippen LogP contribution in [-0.4, -0.2) is 37.1 Å². The van der Waals surface area contributed by atoms with E-state index in [2.05, 4.69) is 11.8 Å². The largest absolute Gasteiger partial charge is 0.465 e. The highest BCUT2D eigenvalue weighted by Crippen LogP contribution is 2.16. The minimum atomic E-state index is -0.0201. The molecule has 88 valence electrons. The van der Waals surface area contributed by atoms with Gasteiger partial charge in [-0.1, -0.05) is 26.2 Å². The molecule has 0 spiro atoms. The lowest BCUT2D eigenvalue weighted by molar-refractivity contribution is -0.150. The van der Waals surface area contributed by atoms with Crippen molar-refractivity contribution in [1.82, 2.24) is 4.90 Å². The van der Waals surface area contributed by atoms with E-state index in [1.807, 2.05) is 7.05 Å². The zero-order chi connectivity index (χ0) is 11.1. The molecule has 0 radical (unpaired) electrons. The van der Waals surface area contributed by atoms with Gasteiger partial charge in [0, 0.05) is 0 Å². The first-order valence-electron chi connectivity index (χ1n) is 6.12. The molecule has 1 atom stereocenters. The number of esters is 1. The third-order valence-corrected chi connectivity index (χ3v) is 3.03. The number of nitrogens with zero attached hydrogens (tertiary/aromatic N) is 1. The third kappa shape index (κ3) is 4.20. The van der Waals surface area contributed by atoms with E-state index >= 15 is 0 Å². The fraction of sp³-hybridized carbons (Fsp3) is 0.917. The Bertz CT molecular complexity index is 194. The number of ether oxygens (including phenoxy) is 1. The molecule has 1 heterocycles. The SMILES string of the molecule is CCCCCOC(=O)[C@@H]1CCCCN1C. The Morgan fingerprint density at radius 1 is 1.40 bits per heavy atom. The maximum absolute atomic E-state index is 11.7. The molecule has 0 saturated carbocycles. The van der Waals surface area contributed by atoms with Crippen LogP contribution in [0.15, 0.2) is 0 Å². The monoisotopic (exact) mass is 213 g/mol. The smallest absolute Gasteiger partial charge is 0.323 e. The van der Waals surface area contributed by atoms with Crippen molar-refractivity contribution in [2.75, 3.05) is 20.2 Å². The van der Waals surface area contributed by atoms with Crippen LogP contribution in [0.3, 0.4) is 0 Å². The Kier molecular flexibility index (Phi) is 5.69. The maximum Gasteiger partial charge on any atom is 0.323 e. The van der Waals surface area contributed by atoms with Gasteiger partial charge in [-0.05, 0) is 32.9 Å². The molecule has 0 aromatic heterocycles. The van der Waals surface area contributed by atoms with Crippen molar-refractivity contribution in [2.45, 2.75) is 51.5 Å². The van der Waals surface area contributed by atoms with Gasteiger partial charge in [0.25, 0.3) is 0 Å². The second-order valence-corrected chi connectivity index (χ2v) is 4.37. The summed E-state index contributed by atoms with van der Waals surface area (Å²) in [5.41, 5.74) is 0. The van der Waals surface area contributed by atoms with Gasteiger partial charge in [0.2, 0.25) is 0 Å². The summed E-state index contributed by atoms with van der Waals surface area (Å²) in [6.07, 6.45) is 6.63. The zero-order valence-electron chi connectivity index (χ0n) is 10.00. The van der Waals surface area contributed by atoms with Crippen LogP contribution in [0.5, 0.6) is 0 Å². The van der Waals surface area contributed by atoms with Crippen molar-refractivity contribution in [3.8, 4) is 0 Å². The molecular weight excluding hydrogens is 190 g/mol. The normalized spacial score (nSPS) is 22.7. The molecule has 0 bridgehead atoms. The van der Waals surface area contributed by atoms with E-state index in [9.17, 15) is 4.79 Å². The number of carbonyl (C=O) groups excluding carboxylic acids is 1. The molecule has 0 aromatic carbocycles. The highest BCUT2D eigenvalue weighted by Gasteiger charge is 2.26. The van der Waals surface area contributed by atoms with Gasteiger partial charge >= 0.3 is 5.97 Å². The first-order chi connectivity index (χ1) is 7.25. The standard InChI is InChI=1S/C12H23NO2/c1-3-4-7-10-15-12(14)11-8-5-6-9-13(11)2/h11H,3-10H2,1-2H3/t11-/m0/s1. The number of likely N-dealkylation sites (tertiary alicyclic amines) is 1. The van der Waals surface area contributed by atoms with Gasteiger partial charge in [-0.3, -0.25) is 9.69 Å². The summed E-state index contributed by atoms with van der Waals surface area (Å²) >= 11 is 0. The van der Waals surface area contributed by atoms with Crippen molar-refractivity contribution in [2.24, 2.45) is 0 Å². The van der Waals surface area contributed by atoms with E-state index in [1.54, 1.807) is 0 Å². The maximum atomic E-state index is 11.7. The second-order valence-electron chi connectivity index (χ2n) is 4.37. The molecule has 1 aliphatic heterocycles. The summed E-state index contributed by atoms with van der Waals surface area (Å²) in [5.74, 6) is -0.0201. The summed E-state index contributed by atoms with van der Waals surface area (Å²) in [4.78, 5) is 13.8. The molecule has 0 aromatic rings. The molecule has 1 fully saturated rings. The van der Waals surface area contributed by atoms with Gasteiger partial charge < -0.3 is 4.74 Å². The van der Waals surface area contributed by atoms with Crippen LogP contribution in [0.1, 0.15) is 45.4 Å². The highest BCUT2D eigenvalue weighted by atomic mass is 16.5. The van der Waals surface area contributed by atoms with Crippen molar-refractivity contribution >= 4 is 5.97 Å². The Morgan fingerprint density at radius 2 is 2.20 bits per heavy atom. The summed E-state index contributed by atoms with van der Waals surface area (Å²) in [6.45, 7) is 3.77. The number of rotatable bonds is 5. The molecule has 1 saturated heterocycles. The van der Waals surface area contributed by atoms with Crippen LogP contribution in [-0.2, 0) is 9.53 Å². The Hall–Kier alpha value is -0.570. The zero-order valence-corrected chi connectivity index (χ0v) is 10.00. The number of carbonyl (C=O) groups is 1. The molecule has 0 amide bonds. The lowest BCUT2D eigenvalue weighted by Crippen LogP contribution is -2.42. The number of piperidine rings is 1. The van der Waals surface area contributed by atoms with E-state index in [0.717, 1.165) is 32.2 Å². The Morgan fingerprint density at radius 3 is 2.87 bits per heavy atom. The van der Waals surface area contributed by atoms with Crippen molar-refractivity contribution in [3.05, 3.63) is 0 Å². The third-order valence-electron chi connectivity index (χ3n) is 3.03. The van der Waals surface area contributed by atoms with E-state index in [4.69, 9.17) is 4.74 Å². The highest BCUT2D eigenvalue weighted by molar-refractivity contribution is 5.75. The summed E-state index contributed by atoms with van der Waals surface area (Å²) in [5, 5.41) is 0. The minimum Gasteiger partial charge on any atom is -0.465 e. The lowest BCUT2D eigenvalue weighted by atomic mass is 10.0. The molecule has 1 aliphatic rings. The molecule has 15 heavy (non-hydrogen) atoms. The molecule has 0 aliphatic carbocycles. The van der Waals surface area contributed by atoms with E-state index in [0.29, 0.717) is 6.61 Å². The molecule has 0 N–H and O–H groups in total. The van der Waals surface area contributed by atoms with Gasteiger partial charge in [-0.15, -0.1) is 0 Å². The summed E-state index contributed by atoms with van der Waals surface area (Å²) in [7, 11) is 2.01. The number of unbranched alkanes of at least 4 members (excludes halogenated alkanes) is 2. The van der Waals surface area contributed by atoms with Crippen LogP contribution in [0, 0.1) is 0 Å². The predicted octanol–water partition coefficient (Wildman–Crippen LogP) is 2.20. The second kappa shape index (κ2) is 6.83. The number of hydrogen-bond acceptors (Lipinski definition) is 3. The first kappa shape index (κ1) is 12.5. The van der Waals surface area contributed by atoms with Crippen LogP contribution in [0.2, 0.25) is 0 Å². The molecule has 3 nitrogen and oxygen atoms in total. The van der Waals surface area contributed by atoms with E-state index in [-0.39, 0.29) is 12.0 Å². The van der Waals surface area contributed by atoms with Crippen LogP contribution in [0.25, 0.3) is 0 Å². The summed E-state index contributed by atoms with van der Waals surface area (Å²) < 4.78 is 5.27. The summed E-state index contributed by atoms with van der Waals surface area (Å²) in [6, 6.07) is 0.0142. The topological polar surface area (TPSA) is 29.5 Å². The van der Waals surface area contributed by atoms with Gasteiger partial charge in [0.15, 0.2) is 0 Å². The van der Waals surface area contributed by atoms with Gasteiger partial charge in [0.1, 0.15) is 6.04 Å². The molecule has 1 rings (SSSR count). The predicted molar refractivity (Wildman–Crippen MR) is 60.8 cm³/mol. The Balaban J connectivity index is 2.20. The van der Waals surface area contributed by atoms with Crippen LogP contribution < -0.4 is 0 Å². The average Bonchev–Trinajstić information content (AvgIpc) is 2.25. The Labute approximate surface area is 92.8 Å². The minimum absolute atomic E-state index is 0.0142. The van der Waals surface area contributed by atoms with Gasteiger partial charge in [-0.25, -0.2) is 0 Å². The fourth-order valence-corrected chi connectivity index (χ4v) is 1.99. The van der Waals surface area contributed by atoms with Crippen molar-refractivity contribution in [1.29, 1.82) is 0 Å². The van der Waals surface area contributed by atoms with Crippen molar-refractivity contribution < 1.29 is 9.53 Å². The van der Waals surface area contributed by atoms with Crippen LogP contribution in [0.4, 0.5) is 0 Å². The average molecular weight is 213 g/mol. The number of likely N-dealkylation sites (N-methyl/N-ethyl adjacent to an activating group) is 1.